The molecule has 1 unspecified atom stereocenters. The Kier molecular flexibility index (Phi) is 5.84. The summed E-state index contributed by atoms with van der Waals surface area (Å²) in [5.41, 5.74) is 1.90. The van der Waals surface area contributed by atoms with Gasteiger partial charge in [-0.15, -0.1) is 16.4 Å². The lowest BCUT2D eigenvalue weighted by atomic mass is 10.3. The van der Waals surface area contributed by atoms with Gasteiger partial charge in [0.1, 0.15) is 11.1 Å². The van der Waals surface area contributed by atoms with Crippen molar-refractivity contribution in [3.63, 3.8) is 0 Å². The van der Waals surface area contributed by atoms with Crippen LogP contribution in [0.1, 0.15) is 53.8 Å². The summed E-state index contributed by atoms with van der Waals surface area (Å²) in [6.45, 7) is 9.41. The summed E-state index contributed by atoms with van der Waals surface area (Å²) < 4.78 is 5.54. The molecule has 0 N–H and O–H groups in total. The molecule has 0 aliphatic heterocycles. The van der Waals surface area contributed by atoms with Gasteiger partial charge in [0.15, 0.2) is 5.69 Å². The molecule has 0 spiro atoms. The number of hydrogen-bond acceptors (Lipinski definition) is 6. The summed E-state index contributed by atoms with van der Waals surface area (Å²) in [7, 11) is 1.75. The van der Waals surface area contributed by atoms with Crippen molar-refractivity contribution in [2.24, 2.45) is 0 Å². The molecule has 0 aliphatic carbocycles. The smallest absolute Gasteiger partial charge is 0.276 e. The Bertz CT molecular complexity index is 667. The third-order valence-corrected chi connectivity index (χ3v) is 4.44. The standard InChI is InChI=1S/C15H23N5O2S/c1-6-20-17-10(3)13(18-20)15(21)19(5)8-12-9-23-14(16-12)11(4)22-7-2/h9,11H,6-8H2,1-5H3. The lowest BCUT2D eigenvalue weighted by Gasteiger charge is -2.14. The van der Waals surface area contributed by atoms with E-state index in [-0.39, 0.29) is 12.0 Å². The van der Waals surface area contributed by atoms with Gasteiger partial charge in [0.05, 0.1) is 24.5 Å². The number of rotatable bonds is 7. The lowest BCUT2D eigenvalue weighted by molar-refractivity contribution is 0.0754. The van der Waals surface area contributed by atoms with Gasteiger partial charge in [-0.05, 0) is 27.7 Å². The van der Waals surface area contributed by atoms with Crippen LogP contribution in [0, 0.1) is 6.92 Å². The lowest BCUT2D eigenvalue weighted by Crippen LogP contribution is -2.27. The fourth-order valence-electron chi connectivity index (χ4n) is 2.17. The van der Waals surface area contributed by atoms with E-state index in [9.17, 15) is 4.79 Å². The Hall–Kier alpha value is -1.80. The minimum absolute atomic E-state index is 0.0218. The monoisotopic (exact) mass is 337 g/mol. The molecule has 2 rings (SSSR count). The zero-order valence-electron chi connectivity index (χ0n) is 14.2. The molecule has 0 radical (unpaired) electrons. The third kappa shape index (κ3) is 4.14. The number of ether oxygens (including phenoxy) is 1. The first-order valence-electron chi connectivity index (χ1n) is 7.69. The predicted octanol–water partition coefficient (Wildman–Crippen LogP) is 2.43. The molecule has 0 fully saturated rings. The van der Waals surface area contributed by atoms with Crippen LogP contribution in [0.2, 0.25) is 0 Å². The van der Waals surface area contributed by atoms with Crippen molar-refractivity contribution < 1.29 is 9.53 Å². The maximum atomic E-state index is 12.5. The number of hydrogen-bond donors (Lipinski definition) is 0. The van der Waals surface area contributed by atoms with E-state index < -0.39 is 0 Å². The predicted molar refractivity (Wildman–Crippen MR) is 88.4 cm³/mol. The number of aryl methyl sites for hydroxylation is 2. The van der Waals surface area contributed by atoms with Crippen LogP contribution in [0.25, 0.3) is 0 Å². The normalized spacial score (nSPS) is 12.4. The van der Waals surface area contributed by atoms with Crippen LogP contribution in [-0.2, 0) is 17.8 Å². The molecule has 0 saturated heterocycles. The van der Waals surface area contributed by atoms with Crippen LogP contribution in [-0.4, -0.2) is 44.4 Å². The number of carbonyl (C=O) groups excluding carboxylic acids is 1. The molecular weight excluding hydrogens is 314 g/mol. The first-order chi connectivity index (χ1) is 11.0. The number of aromatic nitrogens is 4. The molecule has 0 saturated carbocycles. The van der Waals surface area contributed by atoms with Crippen LogP contribution in [0.4, 0.5) is 0 Å². The Morgan fingerprint density at radius 2 is 2.17 bits per heavy atom. The molecule has 1 amide bonds. The Labute approximate surface area is 140 Å². The first-order valence-corrected chi connectivity index (χ1v) is 8.57. The number of nitrogens with zero attached hydrogens (tertiary/aromatic N) is 5. The minimum Gasteiger partial charge on any atom is -0.372 e. The molecule has 1 atom stereocenters. The molecule has 0 bridgehead atoms. The van der Waals surface area contributed by atoms with Gasteiger partial charge in [-0.3, -0.25) is 4.79 Å². The van der Waals surface area contributed by atoms with Crippen LogP contribution in [0.15, 0.2) is 5.38 Å². The van der Waals surface area contributed by atoms with E-state index in [0.29, 0.717) is 31.1 Å². The van der Waals surface area contributed by atoms with Gasteiger partial charge in [-0.2, -0.15) is 9.90 Å². The van der Waals surface area contributed by atoms with Crippen molar-refractivity contribution in [2.45, 2.75) is 46.9 Å². The molecule has 7 nitrogen and oxygen atoms in total. The summed E-state index contributed by atoms with van der Waals surface area (Å²) in [6.07, 6.45) is -0.0218. The van der Waals surface area contributed by atoms with E-state index in [1.807, 2.05) is 26.2 Å². The molecular formula is C15H23N5O2S. The van der Waals surface area contributed by atoms with Crippen molar-refractivity contribution in [2.75, 3.05) is 13.7 Å². The van der Waals surface area contributed by atoms with Gasteiger partial charge < -0.3 is 9.64 Å². The SMILES string of the molecule is CCOC(C)c1nc(CN(C)C(=O)c2nn(CC)nc2C)cs1. The molecule has 2 aromatic rings. The van der Waals surface area contributed by atoms with Crippen LogP contribution >= 0.6 is 11.3 Å². The number of amides is 1. The summed E-state index contributed by atoms with van der Waals surface area (Å²) in [5, 5.41) is 11.3. The Morgan fingerprint density at radius 1 is 1.43 bits per heavy atom. The van der Waals surface area contributed by atoms with Crippen LogP contribution in [0.3, 0.4) is 0 Å². The van der Waals surface area contributed by atoms with E-state index in [1.54, 1.807) is 30.2 Å². The van der Waals surface area contributed by atoms with Gasteiger partial charge >= 0.3 is 0 Å². The van der Waals surface area contributed by atoms with E-state index in [0.717, 1.165) is 10.7 Å². The maximum Gasteiger partial charge on any atom is 0.276 e. The second-order valence-electron chi connectivity index (χ2n) is 5.26. The van der Waals surface area contributed by atoms with E-state index in [4.69, 9.17) is 4.74 Å². The van der Waals surface area contributed by atoms with Gasteiger partial charge in [0, 0.05) is 19.0 Å². The summed E-state index contributed by atoms with van der Waals surface area (Å²) in [6, 6.07) is 0. The first kappa shape index (κ1) is 17.6. The van der Waals surface area contributed by atoms with Gasteiger partial charge in [0.2, 0.25) is 0 Å². The number of carbonyl (C=O) groups is 1. The second-order valence-corrected chi connectivity index (χ2v) is 6.15. The fraction of sp³-hybridized carbons (Fsp3) is 0.600. The third-order valence-electron chi connectivity index (χ3n) is 3.39. The Morgan fingerprint density at radius 3 is 2.78 bits per heavy atom. The molecule has 2 aromatic heterocycles. The fourth-order valence-corrected chi connectivity index (χ4v) is 2.98. The summed E-state index contributed by atoms with van der Waals surface area (Å²) in [4.78, 5) is 20.2. The van der Waals surface area contributed by atoms with Gasteiger partial charge in [0.25, 0.3) is 5.91 Å². The number of thiazole rings is 1. The molecule has 126 valence electrons. The maximum absolute atomic E-state index is 12.5. The van der Waals surface area contributed by atoms with Crippen LogP contribution in [0.5, 0.6) is 0 Å². The van der Waals surface area contributed by atoms with Crippen molar-refractivity contribution in [1.82, 2.24) is 24.9 Å². The highest BCUT2D eigenvalue weighted by Gasteiger charge is 2.20. The molecule has 23 heavy (non-hydrogen) atoms. The highest BCUT2D eigenvalue weighted by atomic mass is 32.1. The largest absolute Gasteiger partial charge is 0.372 e. The van der Waals surface area contributed by atoms with Crippen LogP contribution < -0.4 is 0 Å². The zero-order valence-corrected chi connectivity index (χ0v) is 15.1. The van der Waals surface area contributed by atoms with Crippen molar-refractivity contribution in [1.29, 1.82) is 0 Å². The summed E-state index contributed by atoms with van der Waals surface area (Å²) in [5.74, 6) is -0.144. The average molecular weight is 337 g/mol. The zero-order chi connectivity index (χ0) is 17.0. The Balaban J connectivity index is 2.05. The van der Waals surface area contributed by atoms with Crippen molar-refractivity contribution in [3.05, 3.63) is 27.5 Å². The molecule has 8 heteroatoms. The van der Waals surface area contributed by atoms with Crippen molar-refractivity contribution >= 4 is 17.2 Å². The quantitative estimate of drug-likeness (QED) is 0.776. The highest BCUT2D eigenvalue weighted by Crippen LogP contribution is 2.21. The average Bonchev–Trinajstić information content (AvgIpc) is 3.13. The minimum atomic E-state index is -0.144. The molecule has 0 aromatic carbocycles. The van der Waals surface area contributed by atoms with Gasteiger partial charge in [-0.25, -0.2) is 4.98 Å². The van der Waals surface area contributed by atoms with E-state index >= 15 is 0 Å². The van der Waals surface area contributed by atoms with E-state index in [1.165, 1.54) is 4.80 Å². The summed E-state index contributed by atoms with van der Waals surface area (Å²) >= 11 is 1.55. The molecule has 2 heterocycles. The van der Waals surface area contributed by atoms with Crippen molar-refractivity contribution in [3.8, 4) is 0 Å². The van der Waals surface area contributed by atoms with Gasteiger partial charge in [-0.1, -0.05) is 0 Å². The highest BCUT2D eigenvalue weighted by molar-refractivity contribution is 7.09. The molecule has 0 aliphatic rings. The van der Waals surface area contributed by atoms with E-state index in [2.05, 4.69) is 15.2 Å². The topological polar surface area (TPSA) is 73.1 Å². The second kappa shape index (κ2) is 7.65.